The number of methoxy groups -OCH3 is 1. The number of hydrogen-bond donors (Lipinski definition) is 0. The Morgan fingerprint density at radius 3 is 3.14 bits per heavy atom. The normalized spacial score (nSPS) is 26.1. The average molecular weight is 289 g/mol. The van der Waals surface area contributed by atoms with Crippen LogP contribution in [0.25, 0.3) is 0 Å². The first-order chi connectivity index (χ1) is 10.3. The van der Waals surface area contributed by atoms with Gasteiger partial charge in [0.2, 0.25) is 0 Å². The van der Waals surface area contributed by atoms with E-state index in [9.17, 15) is 4.79 Å². The zero-order valence-electron chi connectivity index (χ0n) is 12.6. The van der Waals surface area contributed by atoms with Gasteiger partial charge in [0, 0.05) is 19.6 Å². The minimum Gasteiger partial charge on any atom is -0.467 e. The third-order valence-corrected chi connectivity index (χ3v) is 4.59. The Morgan fingerprint density at radius 1 is 1.43 bits per heavy atom. The highest BCUT2D eigenvalue weighted by molar-refractivity contribution is 5.74. The van der Waals surface area contributed by atoms with E-state index in [-0.39, 0.29) is 5.97 Å². The lowest BCUT2D eigenvalue weighted by molar-refractivity contribution is -0.159. The van der Waals surface area contributed by atoms with Crippen molar-refractivity contribution >= 4 is 5.97 Å². The van der Waals surface area contributed by atoms with Crippen LogP contribution < -0.4 is 0 Å². The molecule has 0 saturated carbocycles. The number of carbonyl (C=O) groups is 1. The highest BCUT2D eigenvalue weighted by Crippen LogP contribution is 2.32. The maximum atomic E-state index is 11.6. The van der Waals surface area contributed by atoms with Crippen LogP contribution in [0.5, 0.6) is 0 Å². The number of carbonyl (C=O) groups excluding carboxylic acids is 1. The summed E-state index contributed by atoms with van der Waals surface area (Å²) in [6, 6.07) is 8.77. The topological polar surface area (TPSA) is 38.8 Å². The summed E-state index contributed by atoms with van der Waals surface area (Å²) >= 11 is 0. The Balaban J connectivity index is 1.66. The molecule has 1 aliphatic heterocycles. The molecule has 2 aliphatic rings. The SMILES string of the molecule is COC(=O)C1CN(CC2CCCc3ccccc32)CCO1. The van der Waals surface area contributed by atoms with Crippen LogP contribution in [-0.2, 0) is 20.7 Å². The lowest BCUT2D eigenvalue weighted by atomic mass is 9.82. The second-order valence-corrected chi connectivity index (χ2v) is 5.93. The summed E-state index contributed by atoms with van der Waals surface area (Å²) in [5, 5.41) is 0. The van der Waals surface area contributed by atoms with E-state index in [1.807, 2.05) is 0 Å². The van der Waals surface area contributed by atoms with Crippen molar-refractivity contribution in [3.05, 3.63) is 35.4 Å². The zero-order valence-corrected chi connectivity index (χ0v) is 12.6. The number of esters is 1. The van der Waals surface area contributed by atoms with Gasteiger partial charge in [-0.05, 0) is 36.3 Å². The predicted octanol–water partition coefficient (Wildman–Crippen LogP) is 1.98. The number of morpholine rings is 1. The summed E-state index contributed by atoms with van der Waals surface area (Å²) in [4.78, 5) is 14.0. The van der Waals surface area contributed by atoms with Gasteiger partial charge in [-0.15, -0.1) is 0 Å². The molecule has 4 nitrogen and oxygen atoms in total. The van der Waals surface area contributed by atoms with Gasteiger partial charge < -0.3 is 9.47 Å². The van der Waals surface area contributed by atoms with Crippen molar-refractivity contribution < 1.29 is 14.3 Å². The van der Waals surface area contributed by atoms with Crippen molar-refractivity contribution in [1.82, 2.24) is 4.90 Å². The molecule has 114 valence electrons. The highest BCUT2D eigenvalue weighted by Gasteiger charge is 2.30. The van der Waals surface area contributed by atoms with Gasteiger partial charge in [0.05, 0.1) is 13.7 Å². The molecule has 0 spiro atoms. The van der Waals surface area contributed by atoms with Gasteiger partial charge in [-0.1, -0.05) is 24.3 Å². The molecule has 1 aromatic carbocycles. The molecule has 0 aromatic heterocycles. The predicted molar refractivity (Wildman–Crippen MR) is 80.3 cm³/mol. The van der Waals surface area contributed by atoms with Crippen LogP contribution in [-0.4, -0.2) is 50.3 Å². The van der Waals surface area contributed by atoms with Crippen molar-refractivity contribution in [3.8, 4) is 0 Å². The van der Waals surface area contributed by atoms with Gasteiger partial charge in [-0.3, -0.25) is 4.90 Å². The van der Waals surface area contributed by atoms with E-state index in [1.165, 1.54) is 37.5 Å². The first-order valence-corrected chi connectivity index (χ1v) is 7.77. The summed E-state index contributed by atoms with van der Waals surface area (Å²) in [5.41, 5.74) is 2.98. The summed E-state index contributed by atoms with van der Waals surface area (Å²) in [6.45, 7) is 3.15. The Morgan fingerprint density at radius 2 is 2.29 bits per heavy atom. The van der Waals surface area contributed by atoms with E-state index < -0.39 is 6.10 Å². The van der Waals surface area contributed by atoms with E-state index in [1.54, 1.807) is 0 Å². The molecule has 0 radical (unpaired) electrons. The maximum Gasteiger partial charge on any atom is 0.336 e. The lowest BCUT2D eigenvalue weighted by Crippen LogP contribution is -2.47. The fraction of sp³-hybridized carbons (Fsp3) is 0.588. The van der Waals surface area contributed by atoms with E-state index in [0.717, 1.165) is 13.1 Å². The standard InChI is InChI=1S/C17H23NO3/c1-20-17(19)16-12-18(9-10-21-16)11-14-7-4-6-13-5-2-3-8-15(13)14/h2-3,5,8,14,16H,4,6-7,9-12H2,1H3. The van der Waals surface area contributed by atoms with Crippen molar-refractivity contribution in [3.63, 3.8) is 0 Å². The van der Waals surface area contributed by atoms with Crippen LogP contribution in [0.15, 0.2) is 24.3 Å². The van der Waals surface area contributed by atoms with Crippen LogP contribution in [0.4, 0.5) is 0 Å². The number of ether oxygens (including phenoxy) is 2. The molecule has 0 amide bonds. The molecule has 3 rings (SSSR count). The van der Waals surface area contributed by atoms with E-state index in [4.69, 9.17) is 9.47 Å². The molecule has 0 bridgehead atoms. The van der Waals surface area contributed by atoms with Gasteiger partial charge in [0.1, 0.15) is 0 Å². The van der Waals surface area contributed by atoms with Crippen LogP contribution in [0.2, 0.25) is 0 Å². The quantitative estimate of drug-likeness (QED) is 0.798. The summed E-state index contributed by atoms with van der Waals surface area (Å²) in [5.74, 6) is 0.315. The van der Waals surface area contributed by atoms with Gasteiger partial charge in [0.15, 0.2) is 6.10 Å². The fourth-order valence-corrected chi connectivity index (χ4v) is 3.50. The van der Waals surface area contributed by atoms with Crippen molar-refractivity contribution in [2.75, 3.05) is 33.4 Å². The van der Waals surface area contributed by atoms with Gasteiger partial charge >= 0.3 is 5.97 Å². The van der Waals surface area contributed by atoms with E-state index in [0.29, 0.717) is 19.1 Å². The molecule has 0 N–H and O–H groups in total. The molecule has 1 aliphatic carbocycles. The highest BCUT2D eigenvalue weighted by atomic mass is 16.6. The Bertz CT molecular complexity index is 503. The van der Waals surface area contributed by atoms with Gasteiger partial charge in [-0.2, -0.15) is 0 Å². The van der Waals surface area contributed by atoms with Gasteiger partial charge in [-0.25, -0.2) is 4.79 Å². The number of hydrogen-bond acceptors (Lipinski definition) is 4. The van der Waals surface area contributed by atoms with Crippen molar-refractivity contribution in [1.29, 1.82) is 0 Å². The molecule has 2 atom stereocenters. The van der Waals surface area contributed by atoms with Crippen LogP contribution in [0.1, 0.15) is 29.9 Å². The summed E-state index contributed by atoms with van der Waals surface area (Å²) < 4.78 is 10.3. The number of fused-ring (bicyclic) bond motifs is 1. The second kappa shape index (κ2) is 6.58. The number of nitrogens with zero attached hydrogens (tertiary/aromatic N) is 1. The molecule has 1 aromatic rings. The number of aryl methyl sites for hydroxylation is 1. The lowest BCUT2D eigenvalue weighted by Gasteiger charge is -2.35. The van der Waals surface area contributed by atoms with E-state index >= 15 is 0 Å². The third-order valence-electron chi connectivity index (χ3n) is 4.59. The van der Waals surface area contributed by atoms with Crippen molar-refractivity contribution in [2.45, 2.75) is 31.3 Å². The minimum absolute atomic E-state index is 0.260. The molecule has 4 heteroatoms. The first-order valence-electron chi connectivity index (χ1n) is 7.77. The molecule has 1 fully saturated rings. The largest absolute Gasteiger partial charge is 0.467 e. The summed E-state index contributed by atoms with van der Waals surface area (Å²) in [7, 11) is 1.42. The molecular weight excluding hydrogens is 266 g/mol. The molecule has 21 heavy (non-hydrogen) atoms. The van der Waals surface area contributed by atoms with Gasteiger partial charge in [0.25, 0.3) is 0 Å². The molecule has 2 unspecified atom stereocenters. The molecular formula is C17H23NO3. The smallest absolute Gasteiger partial charge is 0.336 e. The second-order valence-electron chi connectivity index (χ2n) is 5.93. The van der Waals surface area contributed by atoms with Crippen LogP contribution in [0.3, 0.4) is 0 Å². The van der Waals surface area contributed by atoms with E-state index in [2.05, 4.69) is 29.2 Å². The summed E-state index contributed by atoms with van der Waals surface area (Å²) in [6.07, 6.45) is 3.26. The maximum absolute atomic E-state index is 11.6. The Hall–Kier alpha value is -1.39. The average Bonchev–Trinajstić information content (AvgIpc) is 2.55. The number of rotatable bonds is 3. The first kappa shape index (κ1) is 14.5. The number of benzene rings is 1. The Kier molecular flexibility index (Phi) is 4.56. The molecule has 1 saturated heterocycles. The van der Waals surface area contributed by atoms with Crippen LogP contribution in [0, 0.1) is 0 Å². The van der Waals surface area contributed by atoms with Crippen LogP contribution >= 0.6 is 0 Å². The zero-order chi connectivity index (χ0) is 14.7. The fourth-order valence-electron chi connectivity index (χ4n) is 3.50. The molecule has 1 heterocycles. The Labute approximate surface area is 126 Å². The van der Waals surface area contributed by atoms with Crippen molar-refractivity contribution in [2.24, 2.45) is 0 Å². The monoisotopic (exact) mass is 289 g/mol. The minimum atomic E-state index is -0.428. The third kappa shape index (κ3) is 3.27.